The lowest BCUT2D eigenvalue weighted by Gasteiger charge is -2.33. The van der Waals surface area contributed by atoms with Gasteiger partial charge in [-0.15, -0.1) is 0 Å². The molecule has 1 heterocycles. The van der Waals surface area contributed by atoms with E-state index in [2.05, 4.69) is 6.07 Å². The van der Waals surface area contributed by atoms with Gasteiger partial charge in [-0.3, -0.25) is 0 Å². The van der Waals surface area contributed by atoms with E-state index in [4.69, 9.17) is 14.7 Å². The van der Waals surface area contributed by atoms with Crippen molar-refractivity contribution in [3.05, 3.63) is 0 Å². The minimum absolute atomic E-state index is 0.474. The Morgan fingerprint density at radius 3 is 2.58 bits per heavy atom. The molecule has 1 aliphatic heterocycles. The van der Waals surface area contributed by atoms with Gasteiger partial charge in [-0.25, -0.2) is 0 Å². The Labute approximate surface area is 73.3 Å². The summed E-state index contributed by atoms with van der Waals surface area (Å²) in [4.78, 5) is 0. The van der Waals surface area contributed by atoms with Crippen molar-refractivity contribution in [1.82, 2.24) is 0 Å². The van der Waals surface area contributed by atoms with E-state index in [9.17, 15) is 0 Å². The highest BCUT2D eigenvalue weighted by Crippen LogP contribution is 2.38. The van der Waals surface area contributed by atoms with E-state index in [1.165, 1.54) is 0 Å². The topological polar surface area (TPSA) is 42.2 Å². The van der Waals surface area contributed by atoms with Crippen LogP contribution in [0.3, 0.4) is 0 Å². The minimum atomic E-state index is -0.734. The Morgan fingerprint density at radius 2 is 2.25 bits per heavy atom. The van der Waals surface area contributed by atoms with Crippen molar-refractivity contribution in [3.63, 3.8) is 0 Å². The van der Waals surface area contributed by atoms with Crippen molar-refractivity contribution in [3.8, 4) is 6.07 Å². The van der Waals surface area contributed by atoms with E-state index in [1.54, 1.807) is 0 Å². The van der Waals surface area contributed by atoms with Crippen LogP contribution >= 0.6 is 0 Å². The first kappa shape index (κ1) is 9.50. The molecule has 1 atom stereocenters. The molecule has 0 bridgehead atoms. The molecule has 0 aliphatic carbocycles. The standard InChI is InChI=1S/C9H15NO2/c1-4-11-9(7-10)5-6-12-8(9,2)3/h4-6H2,1-3H3. The third-order valence-corrected chi connectivity index (χ3v) is 2.46. The number of nitrogens with zero attached hydrogens (tertiary/aromatic N) is 1. The number of ether oxygens (including phenoxy) is 2. The molecule has 3 heteroatoms. The number of rotatable bonds is 2. The van der Waals surface area contributed by atoms with Crippen LogP contribution in [0.2, 0.25) is 0 Å². The molecule has 1 aliphatic rings. The number of hydrogen-bond acceptors (Lipinski definition) is 3. The Kier molecular flexibility index (Phi) is 2.41. The van der Waals surface area contributed by atoms with Gasteiger partial charge in [-0.2, -0.15) is 5.26 Å². The highest BCUT2D eigenvalue weighted by atomic mass is 16.6. The van der Waals surface area contributed by atoms with E-state index >= 15 is 0 Å². The van der Waals surface area contributed by atoms with Crippen LogP contribution in [0.15, 0.2) is 0 Å². The maximum Gasteiger partial charge on any atom is 0.184 e. The highest BCUT2D eigenvalue weighted by molar-refractivity contribution is 5.15. The second kappa shape index (κ2) is 3.04. The molecule has 0 aromatic carbocycles. The van der Waals surface area contributed by atoms with Gasteiger partial charge in [0.1, 0.15) is 11.7 Å². The van der Waals surface area contributed by atoms with Gasteiger partial charge in [0.2, 0.25) is 0 Å². The summed E-state index contributed by atoms with van der Waals surface area (Å²) in [6.45, 7) is 6.87. The molecule has 0 amide bonds. The van der Waals surface area contributed by atoms with Crippen LogP contribution in [-0.4, -0.2) is 24.4 Å². The van der Waals surface area contributed by atoms with E-state index in [1.807, 2.05) is 20.8 Å². The zero-order chi connectivity index (χ0) is 9.24. The molecule has 68 valence electrons. The van der Waals surface area contributed by atoms with Crippen LogP contribution in [0.25, 0.3) is 0 Å². The van der Waals surface area contributed by atoms with E-state index in [0.717, 1.165) is 0 Å². The maximum absolute atomic E-state index is 9.03. The Hall–Kier alpha value is -0.590. The van der Waals surface area contributed by atoms with Gasteiger partial charge in [-0.1, -0.05) is 0 Å². The third kappa shape index (κ3) is 1.21. The van der Waals surface area contributed by atoms with Crippen LogP contribution in [0.5, 0.6) is 0 Å². The van der Waals surface area contributed by atoms with Crippen molar-refractivity contribution >= 4 is 0 Å². The van der Waals surface area contributed by atoms with E-state index in [-0.39, 0.29) is 0 Å². The second-order valence-electron chi connectivity index (χ2n) is 3.48. The fourth-order valence-corrected chi connectivity index (χ4v) is 1.58. The summed E-state index contributed by atoms with van der Waals surface area (Å²) in [6.07, 6.45) is 0.671. The molecule has 0 saturated carbocycles. The average Bonchev–Trinajstić information content (AvgIpc) is 2.29. The molecular weight excluding hydrogens is 154 g/mol. The van der Waals surface area contributed by atoms with Crippen LogP contribution < -0.4 is 0 Å². The smallest absolute Gasteiger partial charge is 0.184 e. The van der Waals surface area contributed by atoms with Crippen molar-refractivity contribution in [2.75, 3.05) is 13.2 Å². The first-order valence-electron chi connectivity index (χ1n) is 4.27. The van der Waals surface area contributed by atoms with Crippen molar-refractivity contribution in [1.29, 1.82) is 5.26 Å². The summed E-state index contributed by atoms with van der Waals surface area (Å²) in [5.74, 6) is 0. The van der Waals surface area contributed by atoms with Crippen LogP contribution in [0.1, 0.15) is 27.2 Å². The fourth-order valence-electron chi connectivity index (χ4n) is 1.58. The summed E-state index contributed by atoms with van der Waals surface area (Å²) in [7, 11) is 0. The lowest BCUT2D eigenvalue weighted by atomic mass is 9.87. The van der Waals surface area contributed by atoms with Gasteiger partial charge < -0.3 is 9.47 Å². The molecule has 0 radical (unpaired) electrons. The van der Waals surface area contributed by atoms with Crippen molar-refractivity contribution in [2.24, 2.45) is 0 Å². The summed E-state index contributed by atoms with van der Waals surface area (Å²) < 4.78 is 10.9. The van der Waals surface area contributed by atoms with Gasteiger partial charge in [0.15, 0.2) is 5.60 Å². The monoisotopic (exact) mass is 169 g/mol. The lowest BCUT2D eigenvalue weighted by Crippen LogP contribution is -2.47. The Morgan fingerprint density at radius 1 is 1.58 bits per heavy atom. The first-order valence-corrected chi connectivity index (χ1v) is 4.27. The Bertz CT molecular complexity index is 207. The summed E-state index contributed by atoms with van der Waals surface area (Å²) >= 11 is 0. The minimum Gasteiger partial charge on any atom is -0.371 e. The van der Waals surface area contributed by atoms with Gasteiger partial charge in [0.05, 0.1) is 6.61 Å². The largest absolute Gasteiger partial charge is 0.371 e. The van der Waals surface area contributed by atoms with Gasteiger partial charge in [-0.05, 0) is 20.8 Å². The highest BCUT2D eigenvalue weighted by Gasteiger charge is 2.52. The molecule has 0 aromatic heterocycles. The molecule has 12 heavy (non-hydrogen) atoms. The predicted molar refractivity (Wildman–Crippen MR) is 44.6 cm³/mol. The van der Waals surface area contributed by atoms with Crippen LogP contribution in [0, 0.1) is 11.3 Å². The normalized spacial score (nSPS) is 33.2. The zero-order valence-electron chi connectivity index (χ0n) is 7.89. The molecule has 1 unspecified atom stereocenters. The molecule has 1 saturated heterocycles. The van der Waals surface area contributed by atoms with Crippen molar-refractivity contribution in [2.45, 2.75) is 38.4 Å². The molecule has 1 fully saturated rings. The molecule has 1 rings (SSSR count). The first-order chi connectivity index (χ1) is 5.58. The molecule has 0 spiro atoms. The number of hydrogen-bond donors (Lipinski definition) is 0. The zero-order valence-corrected chi connectivity index (χ0v) is 7.89. The lowest BCUT2D eigenvalue weighted by molar-refractivity contribution is -0.101. The molecule has 0 N–H and O–H groups in total. The van der Waals surface area contributed by atoms with Crippen LogP contribution in [0.4, 0.5) is 0 Å². The third-order valence-electron chi connectivity index (χ3n) is 2.46. The van der Waals surface area contributed by atoms with Gasteiger partial charge in [0.25, 0.3) is 0 Å². The molecular formula is C9H15NO2. The summed E-state index contributed by atoms with van der Waals surface area (Å²) in [5, 5.41) is 9.03. The van der Waals surface area contributed by atoms with Gasteiger partial charge in [0, 0.05) is 13.0 Å². The van der Waals surface area contributed by atoms with E-state index in [0.29, 0.717) is 19.6 Å². The fraction of sp³-hybridized carbons (Fsp3) is 0.889. The van der Waals surface area contributed by atoms with Crippen LogP contribution in [-0.2, 0) is 9.47 Å². The second-order valence-corrected chi connectivity index (χ2v) is 3.48. The SMILES string of the molecule is CCOC1(C#N)CCOC1(C)C. The predicted octanol–water partition coefficient (Wildman–Crippen LogP) is 1.48. The van der Waals surface area contributed by atoms with Crippen molar-refractivity contribution < 1.29 is 9.47 Å². The summed E-state index contributed by atoms with van der Waals surface area (Å²) in [5.41, 5.74) is -1.21. The molecule has 0 aromatic rings. The summed E-state index contributed by atoms with van der Waals surface area (Å²) in [6, 6.07) is 2.22. The average molecular weight is 169 g/mol. The Balaban J connectivity index is 2.86. The van der Waals surface area contributed by atoms with Gasteiger partial charge >= 0.3 is 0 Å². The van der Waals surface area contributed by atoms with E-state index < -0.39 is 11.2 Å². The maximum atomic E-state index is 9.03. The quantitative estimate of drug-likeness (QED) is 0.628. The number of nitriles is 1. The molecule has 3 nitrogen and oxygen atoms in total.